The number of hydrogen-bond donors (Lipinski definition) is 1. The lowest BCUT2D eigenvalue weighted by Gasteiger charge is -2.08. The van der Waals surface area contributed by atoms with Crippen LogP contribution in [0.15, 0.2) is 53.4 Å². The summed E-state index contributed by atoms with van der Waals surface area (Å²) in [5, 5.41) is 2.71. The minimum atomic E-state index is -3.30. The molecule has 0 unspecified atom stereocenters. The molecule has 2 aromatic carbocycles. The Morgan fingerprint density at radius 2 is 1.64 bits per heavy atom. The van der Waals surface area contributed by atoms with Crippen LogP contribution in [0.25, 0.3) is 0 Å². The van der Waals surface area contributed by atoms with Gasteiger partial charge in [0.2, 0.25) is 5.91 Å². The van der Waals surface area contributed by atoms with Crippen molar-refractivity contribution in [3.63, 3.8) is 0 Å². The highest BCUT2D eigenvalue weighted by atomic mass is 32.2. The summed E-state index contributed by atoms with van der Waals surface area (Å²) in [5.41, 5.74) is 2.54. The lowest BCUT2D eigenvalue weighted by molar-refractivity contribution is -0.121. The van der Waals surface area contributed by atoms with Crippen molar-refractivity contribution in [3.8, 4) is 0 Å². The van der Waals surface area contributed by atoms with Crippen LogP contribution in [-0.2, 0) is 25.8 Å². The molecule has 0 saturated heterocycles. The summed E-state index contributed by atoms with van der Waals surface area (Å²) in [6.07, 6.45) is 1.02. The van der Waals surface area contributed by atoms with E-state index in [1.54, 1.807) is 6.92 Å². The number of hydrogen-bond acceptors (Lipinski definition) is 5. The maximum atomic E-state index is 12.0. The van der Waals surface area contributed by atoms with Crippen molar-refractivity contribution >= 4 is 21.7 Å². The standard InChI is InChI=1S/C21H25NO5S/c1-3-28(25,26)19-11-9-18(10-12-19)21(24)27-15-14-22-20(23)13-8-17-6-4-16(2)5-7-17/h4-7,9-12H,3,8,13-15H2,1-2H3,(H,22,23). The first kappa shape index (κ1) is 21.6. The van der Waals surface area contributed by atoms with Crippen LogP contribution in [0.1, 0.15) is 34.8 Å². The van der Waals surface area contributed by atoms with Crippen LogP contribution in [0.3, 0.4) is 0 Å². The zero-order chi connectivity index (χ0) is 20.6. The molecule has 6 nitrogen and oxygen atoms in total. The fourth-order valence-corrected chi connectivity index (χ4v) is 3.37. The second-order valence-corrected chi connectivity index (χ2v) is 8.68. The van der Waals surface area contributed by atoms with E-state index in [2.05, 4.69) is 5.32 Å². The predicted molar refractivity (Wildman–Crippen MR) is 107 cm³/mol. The van der Waals surface area contributed by atoms with Crippen LogP contribution < -0.4 is 5.32 Å². The van der Waals surface area contributed by atoms with Crippen molar-refractivity contribution in [1.29, 1.82) is 0 Å². The first-order chi connectivity index (χ1) is 13.3. The summed E-state index contributed by atoms with van der Waals surface area (Å²) in [6, 6.07) is 13.7. The molecule has 0 heterocycles. The topological polar surface area (TPSA) is 89.5 Å². The normalized spacial score (nSPS) is 11.1. The van der Waals surface area contributed by atoms with E-state index in [4.69, 9.17) is 4.74 Å². The van der Waals surface area contributed by atoms with E-state index in [1.165, 1.54) is 29.8 Å². The Morgan fingerprint density at radius 3 is 2.25 bits per heavy atom. The van der Waals surface area contributed by atoms with Gasteiger partial charge in [-0.15, -0.1) is 0 Å². The Morgan fingerprint density at radius 1 is 1.00 bits per heavy atom. The largest absolute Gasteiger partial charge is 0.460 e. The molecule has 0 saturated carbocycles. The van der Waals surface area contributed by atoms with Gasteiger partial charge >= 0.3 is 5.97 Å². The molecule has 0 spiro atoms. The van der Waals surface area contributed by atoms with Gasteiger partial charge in [-0.1, -0.05) is 36.8 Å². The first-order valence-corrected chi connectivity index (χ1v) is 10.8. The third-order valence-electron chi connectivity index (χ3n) is 4.25. The highest BCUT2D eigenvalue weighted by molar-refractivity contribution is 7.91. The second kappa shape index (κ2) is 10.0. The highest BCUT2D eigenvalue weighted by Crippen LogP contribution is 2.13. The number of benzene rings is 2. The van der Waals surface area contributed by atoms with E-state index < -0.39 is 15.8 Å². The molecule has 1 amide bonds. The Bertz CT molecular complexity index is 903. The van der Waals surface area contributed by atoms with Gasteiger partial charge in [0.15, 0.2) is 9.84 Å². The van der Waals surface area contributed by atoms with Gasteiger partial charge < -0.3 is 10.1 Å². The third-order valence-corrected chi connectivity index (χ3v) is 6.00. The molecule has 0 aliphatic rings. The van der Waals surface area contributed by atoms with Gasteiger partial charge in [0.05, 0.1) is 22.8 Å². The van der Waals surface area contributed by atoms with E-state index in [9.17, 15) is 18.0 Å². The zero-order valence-electron chi connectivity index (χ0n) is 16.1. The van der Waals surface area contributed by atoms with E-state index in [-0.39, 0.29) is 35.3 Å². The van der Waals surface area contributed by atoms with Crippen LogP contribution in [0.2, 0.25) is 0 Å². The van der Waals surface area contributed by atoms with Gasteiger partial charge in [-0.25, -0.2) is 13.2 Å². The van der Waals surface area contributed by atoms with Crippen molar-refractivity contribution in [2.24, 2.45) is 0 Å². The second-order valence-electron chi connectivity index (χ2n) is 6.40. The van der Waals surface area contributed by atoms with Crippen LogP contribution >= 0.6 is 0 Å². The third kappa shape index (κ3) is 6.49. The van der Waals surface area contributed by atoms with E-state index >= 15 is 0 Å². The lowest BCUT2D eigenvalue weighted by atomic mass is 10.1. The number of carbonyl (C=O) groups is 2. The summed E-state index contributed by atoms with van der Waals surface area (Å²) >= 11 is 0. The summed E-state index contributed by atoms with van der Waals surface area (Å²) in [6.45, 7) is 3.84. The van der Waals surface area contributed by atoms with Crippen LogP contribution in [0, 0.1) is 6.92 Å². The van der Waals surface area contributed by atoms with Crippen molar-refractivity contribution in [3.05, 3.63) is 65.2 Å². The summed E-state index contributed by atoms with van der Waals surface area (Å²) in [4.78, 5) is 24.0. The van der Waals surface area contributed by atoms with Crippen molar-refractivity contribution in [2.45, 2.75) is 31.6 Å². The fraction of sp³-hybridized carbons (Fsp3) is 0.333. The summed E-state index contributed by atoms with van der Waals surface area (Å²) in [5.74, 6) is -0.666. The predicted octanol–water partition coefficient (Wildman–Crippen LogP) is 2.69. The molecule has 7 heteroatoms. The van der Waals surface area contributed by atoms with Crippen molar-refractivity contribution < 1.29 is 22.7 Å². The van der Waals surface area contributed by atoms with Crippen LogP contribution in [0.4, 0.5) is 0 Å². The minimum absolute atomic E-state index is 0.000401. The first-order valence-electron chi connectivity index (χ1n) is 9.14. The Balaban J connectivity index is 1.70. The fourth-order valence-electron chi connectivity index (χ4n) is 2.48. The minimum Gasteiger partial charge on any atom is -0.460 e. The maximum absolute atomic E-state index is 12.0. The number of aryl methyl sites for hydroxylation is 2. The number of ether oxygens (including phenoxy) is 1. The molecule has 0 atom stereocenters. The molecule has 0 fully saturated rings. The number of sulfone groups is 1. The molecule has 0 radical (unpaired) electrons. The Labute approximate surface area is 165 Å². The molecule has 0 aliphatic heterocycles. The molecule has 1 N–H and O–H groups in total. The zero-order valence-corrected chi connectivity index (χ0v) is 16.9. The Hall–Kier alpha value is -2.67. The van der Waals surface area contributed by atoms with E-state index in [0.717, 1.165) is 5.56 Å². The number of rotatable bonds is 9. The van der Waals surface area contributed by atoms with Crippen LogP contribution in [0.5, 0.6) is 0 Å². The molecule has 2 rings (SSSR count). The van der Waals surface area contributed by atoms with Crippen molar-refractivity contribution in [2.75, 3.05) is 18.9 Å². The van der Waals surface area contributed by atoms with Gasteiger partial charge in [-0.2, -0.15) is 0 Å². The number of nitrogens with one attached hydrogen (secondary N) is 1. The average Bonchev–Trinajstić information content (AvgIpc) is 2.70. The quantitative estimate of drug-likeness (QED) is 0.514. The van der Waals surface area contributed by atoms with Crippen LogP contribution in [-0.4, -0.2) is 39.2 Å². The lowest BCUT2D eigenvalue weighted by Crippen LogP contribution is -2.28. The SMILES string of the molecule is CCS(=O)(=O)c1ccc(C(=O)OCCNC(=O)CCc2ccc(C)cc2)cc1. The molecule has 2 aromatic rings. The number of amides is 1. The molecule has 0 aromatic heterocycles. The molecular formula is C21H25NO5S. The van der Waals surface area contributed by atoms with Gasteiger partial charge in [0.25, 0.3) is 0 Å². The highest BCUT2D eigenvalue weighted by Gasteiger charge is 2.13. The van der Waals surface area contributed by atoms with Crippen molar-refractivity contribution in [1.82, 2.24) is 5.32 Å². The van der Waals surface area contributed by atoms with Gasteiger partial charge in [-0.3, -0.25) is 4.79 Å². The average molecular weight is 404 g/mol. The molecule has 28 heavy (non-hydrogen) atoms. The summed E-state index contributed by atoms with van der Waals surface area (Å²) in [7, 11) is -3.30. The smallest absolute Gasteiger partial charge is 0.338 e. The molecule has 150 valence electrons. The molecular weight excluding hydrogens is 378 g/mol. The monoisotopic (exact) mass is 403 g/mol. The van der Waals surface area contributed by atoms with E-state index in [0.29, 0.717) is 12.8 Å². The number of esters is 1. The van der Waals surface area contributed by atoms with Gasteiger partial charge in [-0.05, 0) is 43.2 Å². The van der Waals surface area contributed by atoms with Gasteiger partial charge in [0.1, 0.15) is 6.61 Å². The number of carbonyl (C=O) groups excluding carboxylic acids is 2. The van der Waals surface area contributed by atoms with Gasteiger partial charge in [0, 0.05) is 6.42 Å². The Kier molecular flexibility index (Phi) is 7.75. The molecule has 0 bridgehead atoms. The summed E-state index contributed by atoms with van der Waals surface area (Å²) < 4.78 is 28.6. The maximum Gasteiger partial charge on any atom is 0.338 e. The molecule has 0 aliphatic carbocycles. The van der Waals surface area contributed by atoms with E-state index in [1.807, 2.05) is 31.2 Å².